The van der Waals surface area contributed by atoms with Gasteiger partial charge in [-0.1, -0.05) is 30.3 Å². The maximum absolute atomic E-state index is 13.8. The van der Waals surface area contributed by atoms with Gasteiger partial charge < -0.3 is 21.1 Å². The highest BCUT2D eigenvalue weighted by Crippen LogP contribution is 2.26. The van der Waals surface area contributed by atoms with Gasteiger partial charge in [0.2, 0.25) is 5.91 Å². The summed E-state index contributed by atoms with van der Waals surface area (Å²) < 4.78 is 32.6. The molecule has 0 aliphatic heterocycles. The fourth-order valence-electron chi connectivity index (χ4n) is 2.82. The molecule has 0 aromatic heterocycles. The molecule has 3 aromatic carbocycles. The second-order valence-corrected chi connectivity index (χ2v) is 6.43. The molecule has 3 aromatic rings. The Labute approximate surface area is 171 Å². The molecule has 3 rings (SSSR count). The van der Waals surface area contributed by atoms with Crippen LogP contribution in [0.5, 0.6) is 11.5 Å². The Morgan fingerprint density at radius 3 is 2.37 bits per heavy atom. The quantitative estimate of drug-likeness (QED) is 0.535. The van der Waals surface area contributed by atoms with Gasteiger partial charge in [-0.25, -0.2) is 13.6 Å². The first kappa shape index (κ1) is 20.8. The number of halogens is 2. The lowest BCUT2D eigenvalue weighted by molar-refractivity contribution is -0.116. The molecule has 8 heteroatoms. The predicted octanol–water partition coefficient (Wildman–Crippen LogP) is 4.50. The van der Waals surface area contributed by atoms with Gasteiger partial charge in [-0.15, -0.1) is 0 Å². The number of carbonyl (C=O) groups excluding carboxylic acids is 2. The number of urea groups is 1. The summed E-state index contributed by atoms with van der Waals surface area (Å²) in [5, 5.41) is 4.86. The number of hydrogen-bond acceptors (Lipinski definition) is 3. The van der Waals surface area contributed by atoms with Crippen LogP contribution in [0.15, 0.2) is 72.8 Å². The van der Waals surface area contributed by atoms with Crippen LogP contribution in [0.1, 0.15) is 18.0 Å². The van der Waals surface area contributed by atoms with Crippen LogP contribution in [-0.4, -0.2) is 11.9 Å². The molecule has 0 saturated carbocycles. The van der Waals surface area contributed by atoms with Crippen LogP contribution < -0.4 is 21.1 Å². The number of nitrogens with one attached hydrogen (secondary N) is 2. The first-order valence-electron chi connectivity index (χ1n) is 9.04. The summed E-state index contributed by atoms with van der Waals surface area (Å²) >= 11 is 0. The summed E-state index contributed by atoms with van der Waals surface area (Å²) in [6.45, 7) is 0. The zero-order valence-electron chi connectivity index (χ0n) is 15.8. The summed E-state index contributed by atoms with van der Waals surface area (Å²) in [4.78, 5) is 23.8. The molecule has 1 atom stereocenters. The van der Waals surface area contributed by atoms with Crippen molar-refractivity contribution in [2.45, 2.75) is 12.5 Å². The Morgan fingerprint density at radius 2 is 1.67 bits per heavy atom. The van der Waals surface area contributed by atoms with Crippen LogP contribution in [0.4, 0.5) is 19.3 Å². The molecule has 4 N–H and O–H groups in total. The Bertz CT molecular complexity index is 1040. The summed E-state index contributed by atoms with van der Waals surface area (Å²) in [7, 11) is 0. The van der Waals surface area contributed by atoms with Gasteiger partial charge in [0, 0.05) is 6.07 Å². The van der Waals surface area contributed by atoms with Crippen molar-refractivity contribution in [2.24, 2.45) is 5.73 Å². The smallest absolute Gasteiger partial charge is 0.312 e. The first-order chi connectivity index (χ1) is 14.4. The minimum Gasteiger partial charge on any atom is -0.457 e. The minimum absolute atomic E-state index is 0.166. The summed E-state index contributed by atoms with van der Waals surface area (Å²) in [6.07, 6.45) is -0.228. The van der Waals surface area contributed by atoms with Crippen molar-refractivity contribution < 1.29 is 23.1 Å². The molecular weight excluding hydrogens is 392 g/mol. The number of carbonyl (C=O) groups is 2. The third kappa shape index (κ3) is 5.78. The van der Waals surface area contributed by atoms with E-state index in [9.17, 15) is 18.4 Å². The highest BCUT2D eigenvalue weighted by atomic mass is 19.1. The highest BCUT2D eigenvalue weighted by molar-refractivity contribution is 5.91. The van der Waals surface area contributed by atoms with Crippen LogP contribution in [0.3, 0.4) is 0 Å². The van der Waals surface area contributed by atoms with Crippen LogP contribution in [-0.2, 0) is 4.79 Å². The van der Waals surface area contributed by atoms with E-state index in [0.29, 0.717) is 23.1 Å². The minimum atomic E-state index is -0.902. The Balaban J connectivity index is 1.76. The van der Waals surface area contributed by atoms with Gasteiger partial charge >= 0.3 is 6.03 Å². The molecule has 3 amide bonds. The average molecular weight is 411 g/mol. The first-order valence-corrected chi connectivity index (χ1v) is 9.04. The fourth-order valence-corrected chi connectivity index (χ4v) is 2.82. The summed E-state index contributed by atoms with van der Waals surface area (Å²) in [5.41, 5.74) is 5.65. The largest absolute Gasteiger partial charge is 0.457 e. The van der Waals surface area contributed by atoms with E-state index >= 15 is 0 Å². The molecule has 0 heterocycles. The third-order valence-corrected chi connectivity index (χ3v) is 4.15. The van der Waals surface area contributed by atoms with Gasteiger partial charge in [-0.3, -0.25) is 4.79 Å². The lowest BCUT2D eigenvalue weighted by Crippen LogP contribution is -2.35. The molecule has 0 aliphatic rings. The van der Waals surface area contributed by atoms with E-state index in [2.05, 4.69) is 10.6 Å². The second-order valence-electron chi connectivity index (χ2n) is 6.43. The second kappa shape index (κ2) is 9.51. The molecule has 0 saturated heterocycles. The number of benzene rings is 3. The maximum atomic E-state index is 13.8. The zero-order chi connectivity index (χ0) is 21.5. The van der Waals surface area contributed by atoms with E-state index in [1.807, 2.05) is 18.2 Å². The van der Waals surface area contributed by atoms with Gasteiger partial charge in [-0.2, -0.15) is 0 Å². The Kier molecular flexibility index (Phi) is 6.59. The van der Waals surface area contributed by atoms with Gasteiger partial charge in [0.25, 0.3) is 0 Å². The summed E-state index contributed by atoms with van der Waals surface area (Å²) in [6, 6.07) is 17.1. The van der Waals surface area contributed by atoms with E-state index in [1.165, 1.54) is 0 Å². The monoisotopic (exact) mass is 411 g/mol. The number of primary amides is 1. The fraction of sp³-hybridized carbons (Fsp3) is 0.0909. The van der Waals surface area contributed by atoms with Gasteiger partial charge in [0.05, 0.1) is 18.2 Å². The van der Waals surface area contributed by atoms with Crippen LogP contribution in [0.2, 0.25) is 0 Å². The standard InChI is InChI=1S/C22H19F2N3O3/c23-15-9-10-19(18(24)12-15)26-21(28)13-20(27-22(25)29)14-5-4-8-17(11-14)30-16-6-2-1-3-7-16/h1-12,20H,13H2,(H,26,28)(H3,25,27,29)/t20-/m0/s1. The molecule has 0 spiro atoms. The molecule has 0 fully saturated rings. The number of anilines is 1. The highest BCUT2D eigenvalue weighted by Gasteiger charge is 2.19. The van der Waals surface area contributed by atoms with Crippen LogP contribution in [0.25, 0.3) is 0 Å². The van der Waals surface area contributed by atoms with Crippen molar-refractivity contribution in [3.8, 4) is 11.5 Å². The molecule has 30 heavy (non-hydrogen) atoms. The Morgan fingerprint density at radius 1 is 0.933 bits per heavy atom. The van der Waals surface area contributed by atoms with Gasteiger partial charge in [-0.05, 0) is 42.0 Å². The molecule has 6 nitrogen and oxygen atoms in total. The van der Waals surface area contributed by atoms with E-state index in [1.54, 1.807) is 36.4 Å². The number of rotatable bonds is 7. The number of para-hydroxylation sites is 1. The zero-order valence-corrected chi connectivity index (χ0v) is 15.8. The Hall–Kier alpha value is -3.94. The third-order valence-electron chi connectivity index (χ3n) is 4.15. The normalized spacial score (nSPS) is 11.4. The lowest BCUT2D eigenvalue weighted by Gasteiger charge is -2.19. The predicted molar refractivity (Wildman–Crippen MR) is 108 cm³/mol. The lowest BCUT2D eigenvalue weighted by atomic mass is 10.0. The van der Waals surface area contributed by atoms with E-state index < -0.39 is 29.6 Å². The van der Waals surface area contributed by atoms with Crippen molar-refractivity contribution in [2.75, 3.05) is 5.32 Å². The summed E-state index contributed by atoms with van der Waals surface area (Å²) in [5.74, 6) is -1.12. The molecule has 0 aliphatic carbocycles. The van der Waals surface area contributed by atoms with Crippen molar-refractivity contribution in [1.29, 1.82) is 0 Å². The molecular formula is C22H19F2N3O3. The van der Waals surface area contributed by atoms with Crippen molar-refractivity contribution in [1.82, 2.24) is 5.32 Å². The molecule has 0 radical (unpaired) electrons. The number of nitrogens with two attached hydrogens (primary N) is 1. The van der Waals surface area contributed by atoms with Crippen molar-refractivity contribution in [3.63, 3.8) is 0 Å². The van der Waals surface area contributed by atoms with Crippen molar-refractivity contribution in [3.05, 3.63) is 90.0 Å². The molecule has 0 bridgehead atoms. The SMILES string of the molecule is NC(=O)N[C@@H](CC(=O)Nc1ccc(F)cc1F)c1cccc(Oc2ccccc2)c1. The maximum Gasteiger partial charge on any atom is 0.312 e. The number of hydrogen-bond donors (Lipinski definition) is 3. The van der Waals surface area contributed by atoms with Crippen LogP contribution >= 0.6 is 0 Å². The number of ether oxygens (including phenoxy) is 1. The van der Waals surface area contributed by atoms with Crippen LogP contribution in [0, 0.1) is 11.6 Å². The average Bonchev–Trinajstić information content (AvgIpc) is 2.70. The molecule has 154 valence electrons. The van der Waals surface area contributed by atoms with Crippen molar-refractivity contribution >= 4 is 17.6 Å². The van der Waals surface area contributed by atoms with E-state index in [0.717, 1.165) is 12.1 Å². The van der Waals surface area contributed by atoms with Gasteiger partial charge in [0.15, 0.2) is 0 Å². The van der Waals surface area contributed by atoms with Gasteiger partial charge in [0.1, 0.15) is 23.1 Å². The number of amides is 3. The van der Waals surface area contributed by atoms with E-state index in [-0.39, 0.29) is 12.1 Å². The van der Waals surface area contributed by atoms with E-state index in [4.69, 9.17) is 10.5 Å². The molecule has 0 unspecified atom stereocenters. The topological polar surface area (TPSA) is 93.5 Å².